The molecule has 0 aliphatic rings. The molecule has 2 aromatic carbocycles. The number of benzene rings is 2. The van der Waals surface area contributed by atoms with Gasteiger partial charge >= 0.3 is 5.97 Å². The molecule has 0 saturated heterocycles. The van der Waals surface area contributed by atoms with Crippen LogP contribution in [0.3, 0.4) is 0 Å². The number of sulfone groups is 1. The maximum atomic E-state index is 12.1. The molecule has 0 N–H and O–H groups in total. The van der Waals surface area contributed by atoms with Gasteiger partial charge in [-0.25, -0.2) is 13.2 Å². The van der Waals surface area contributed by atoms with Crippen molar-refractivity contribution < 1.29 is 17.9 Å². The third kappa shape index (κ3) is 3.24. The van der Waals surface area contributed by atoms with E-state index in [0.717, 1.165) is 22.3 Å². The molecule has 0 aromatic heterocycles. The Bertz CT molecular complexity index is 760. The fourth-order valence-corrected chi connectivity index (χ4v) is 2.75. The molecule has 0 aliphatic heterocycles. The van der Waals surface area contributed by atoms with Gasteiger partial charge in [-0.1, -0.05) is 30.3 Å². The summed E-state index contributed by atoms with van der Waals surface area (Å²) in [6.07, 6.45) is 0.925. The molecule has 0 saturated carbocycles. The molecule has 0 amide bonds. The predicted molar refractivity (Wildman–Crippen MR) is 76.9 cm³/mol. The van der Waals surface area contributed by atoms with Crippen LogP contribution in [-0.4, -0.2) is 21.0 Å². The summed E-state index contributed by atoms with van der Waals surface area (Å²) < 4.78 is 28.8. The summed E-state index contributed by atoms with van der Waals surface area (Å²) >= 11 is 0. The summed E-state index contributed by atoms with van der Waals surface area (Å²) in [5.74, 6) is -0.670. The van der Waals surface area contributed by atoms with Crippen molar-refractivity contribution in [2.75, 3.05) is 6.61 Å². The van der Waals surface area contributed by atoms with E-state index in [-0.39, 0.29) is 11.5 Å². The molecule has 2 aromatic rings. The van der Waals surface area contributed by atoms with Crippen molar-refractivity contribution in [2.24, 2.45) is 0 Å². The summed E-state index contributed by atoms with van der Waals surface area (Å²) in [6, 6.07) is 12.3. The molecule has 0 heterocycles. The molecule has 104 valence electrons. The number of esters is 1. The van der Waals surface area contributed by atoms with E-state index >= 15 is 0 Å². The van der Waals surface area contributed by atoms with E-state index in [4.69, 9.17) is 0 Å². The number of hydrogen-bond donors (Lipinski definition) is 0. The first-order valence-electron chi connectivity index (χ1n) is 6.11. The van der Waals surface area contributed by atoms with Crippen LogP contribution in [-0.2, 0) is 19.4 Å². The van der Waals surface area contributed by atoms with Gasteiger partial charge in [0, 0.05) is 11.5 Å². The van der Waals surface area contributed by atoms with Gasteiger partial charge in [0.15, 0.2) is 9.84 Å². The molecule has 0 atom stereocenters. The van der Waals surface area contributed by atoms with Gasteiger partial charge in [0.05, 0.1) is 11.5 Å². The molecular weight excluding hydrogens is 276 g/mol. The predicted octanol–water partition coefficient (Wildman–Crippen LogP) is 2.69. The van der Waals surface area contributed by atoms with Gasteiger partial charge in [-0.15, -0.1) is 0 Å². The van der Waals surface area contributed by atoms with E-state index in [2.05, 4.69) is 4.74 Å². The van der Waals surface area contributed by atoms with Gasteiger partial charge in [0.25, 0.3) is 0 Å². The third-order valence-corrected chi connectivity index (χ3v) is 4.12. The van der Waals surface area contributed by atoms with Crippen molar-refractivity contribution in [3.63, 3.8) is 0 Å². The van der Waals surface area contributed by atoms with E-state index in [1.54, 1.807) is 19.1 Å². The maximum absolute atomic E-state index is 12.1. The maximum Gasteiger partial charge on any atom is 0.331 e. The van der Waals surface area contributed by atoms with Gasteiger partial charge in [-0.2, -0.15) is 0 Å². The molecule has 2 rings (SSSR count). The highest BCUT2D eigenvalue weighted by atomic mass is 32.2. The minimum Gasteiger partial charge on any atom is -0.463 e. The number of carbonyl (C=O) groups excluding carboxylic acids is 1. The van der Waals surface area contributed by atoms with Crippen LogP contribution in [0.15, 0.2) is 58.8 Å². The lowest BCUT2D eigenvalue weighted by atomic mass is 10.1. The van der Waals surface area contributed by atoms with Gasteiger partial charge in [-0.3, -0.25) is 0 Å². The van der Waals surface area contributed by atoms with Crippen molar-refractivity contribution in [2.45, 2.75) is 11.8 Å². The molecule has 4 nitrogen and oxygen atoms in total. The van der Waals surface area contributed by atoms with E-state index in [9.17, 15) is 13.2 Å². The van der Waals surface area contributed by atoms with Crippen molar-refractivity contribution in [1.82, 2.24) is 0 Å². The van der Waals surface area contributed by atoms with Crippen molar-refractivity contribution >= 4 is 26.6 Å². The zero-order valence-corrected chi connectivity index (χ0v) is 11.8. The third-order valence-electron chi connectivity index (χ3n) is 2.72. The highest BCUT2D eigenvalue weighted by Crippen LogP contribution is 2.20. The minimum atomic E-state index is -3.65. The van der Waals surface area contributed by atoms with Crippen LogP contribution < -0.4 is 0 Å². The van der Waals surface area contributed by atoms with Crippen LogP contribution in [0, 0.1) is 0 Å². The molecule has 0 unspecified atom stereocenters. The van der Waals surface area contributed by atoms with E-state index < -0.39 is 15.8 Å². The second kappa shape index (κ2) is 5.88. The van der Waals surface area contributed by atoms with Gasteiger partial charge < -0.3 is 4.74 Å². The zero-order chi connectivity index (χ0) is 14.6. The number of carbonyl (C=O) groups is 1. The summed E-state index contributed by atoms with van der Waals surface area (Å²) in [7, 11) is -3.65. The average Bonchev–Trinajstić information content (AvgIpc) is 2.45. The summed E-state index contributed by atoms with van der Waals surface area (Å²) in [4.78, 5) is 11.3. The van der Waals surface area contributed by atoms with Crippen LogP contribution >= 0.6 is 0 Å². The van der Waals surface area contributed by atoms with Gasteiger partial charge in [0.2, 0.25) is 0 Å². The lowest BCUT2D eigenvalue weighted by Crippen LogP contribution is -2.02. The fourth-order valence-electron chi connectivity index (χ4n) is 1.76. The zero-order valence-electron chi connectivity index (χ0n) is 10.9. The Morgan fingerprint density at radius 1 is 1.15 bits per heavy atom. The first-order chi connectivity index (χ1) is 9.53. The number of ether oxygens (including phenoxy) is 1. The topological polar surface area (TPSA) is 60.4 Å². The lowest BCUT2D eigenvalue weighted by Gasteiger charge is -2.02. The number of fused-ring (bicyclic) bond motifs is 1. The largest absolute Gasteiger partial charge is 0.463 e. The highest BCUT2D eigenvalue weighted by molar-refractivity contribution is 7.94. The van der Waals surface area contributed by atoms with Crippen LogP contribution in [0.25, 0.3) is 10.8 Å². The lowest BCUT2D eigenvalue weighted by molar-refractivity contribution is -0.137. The molecule has 5 heteroatoms. The molecule has 20 heavy (non-hydrogen) atoms. The van der Waals surface area contributed by atoms with E-state index in [0.29, 0.717) is 0 Å². The number of rotatable bonds is 4. The van der Waals surface area contributed by atoms with Crippen LogP contribution in [0.1, 0.15) is 6.92 Å². The van der Waals surface area contributed by atoms with Crippen molar-refractivity contribution in [1.29, 1.82) is 0 Å². The Kier molecular flexibility index (Phi) is 4.20. The number of hydrogen-bond acceptors (Lipinski definition) is 4. The standard InChI is InChI=1S/C15H14O4S/c1-2-19-15(16)9-10-20(17,18)14-8-7-12-5-3-4-6-13(12)11-14/h3-11H,2H2,1H3/b10-9-. The molecule has 0 fully saturated rings. The van der Waals surface area contributed by atoms with Crippen LogP contribution in [0.2, 0.25) is 0 Å². The molecule has 0 radical (unpaired) electrons. The van der Waals surface area contributed by atoms with Crippen molar-refractivity contribution in [3.05, 3.63) is 53.9 Å². The second-order valence-electron chi connectivity index (χ2n) is 4.11. The molecule has 0 bridgehead atoms. The molecular formula is C15H14O4S. The SMILES string of the molecule is CCOC(=O)/C=C\S(=O)(=O)c1ccc2ccccc2c1. The summed E-state index contributed by atoms with van der Waals surface area (Å²) in [5.41, 5.74) is 0. The Labute approximate surface area is 117 Å². The second-order valence-corrected chi connectivity index (χ2v) is 5.94. The molecule has 0 aliphatic carbocycles. The average molecular weight is 290 g/mol. The normalized spacial score (nSPS) is 11.8. The first-order valence-corrected chi connectivity index (χ1v) is 7.66. The van der Waals surface area contributed by atoms with Gasteiger partial charge in [0.1, 0.15) is 0 Å². The minimum absolute atomic E-state index is 0.150. The summed E-state index contributed by atoms with van der Waals surface area (Å²) in [5, 5.41) is 2.66. The monoisotopic (exact) mass is 290 g/mol. The van der Waals surface area contributed by atoms with Gasteiger partial charge in [-0.05, 0) is 29.8 Å². The van der Waals surface area contributed by atoms with Crippen LogP contribution in [0.5, 0.6) is 0 Å². The van der Waals surface area contributed by atoms with E-state index in [1.807, 2.05) is 24.3 Å². The Morgan fingerprint density at radius 3 is 2.55 bits per heavy atom. The quantitative estimate of drug-likeness (QED) is 0.641. The highest BCUT2D eigenvalue weighted by Gasteiger charge is 2.11. The first kappa shape index (κ1) is 14.3. The van der Waals surface area contributed by atoms with E-state index in [1.165, 1.54) is 6.07 Å². The smallest absolute Gasteiger partial charge is 0.331 e. The summed E-state index contributed by atoms with van der Waals surface area (Å²) in [6.45, 7) is 1.86. The Hall–Kier alpha value is -2.14. The fraction of sp³-hybridized carbons (Fsp3) is 0.133. The van der Waals surface area contributed by atoms with Crippen LogP contribution in [0.4, 0.5) is 0 Å². The molecule has 0 spiro atoms. The van der Waals surface area contributed by atoms with Crippen molar-refractivity contribution in [3.8, 4) is 0 Å². The Balaban J connectivity index is 2.34. The Morgan fingerprint density at radius 2 is 1.85 bits per heavy atom.